The van der Waals surface area contributed by atoms with Crippen LogP contribution in [0.1, 0.15) is 16.7 Å². The first-order chi connectivity index (χ1) is 16.2. The van der Waals surface area contributed by atoms with E-state index >= 15 is 0 Å². The van der Waals surface area contributed by atoms with Crippen LogP contribution in [0.4, 0.5) is 5.69 Å². The van der Waals surface area contributed by atoms with Gasteiger partial charge in [0.05, 0.1) is 18.1 Å². The van der Waals surface area contributed by atoms with Crippen molar-refractivity contribution in [2.24, 2.45) is 0 Å². The summed E-state index contributed by atoms with van der Waals surface area (Å²) in [5, 5.41) is 11.4. The number of nitro benzene ring substituents is 1. The van der Waals surface area contributed by atoms with E-state index in [4.69, 9.17) is 9.47 Å². The molecule has 0 saturated carbocycles. The van der Waals surface area contributed by atoms with Gasteiger partial charge in [-0.1, -0.05) is 48.5 Å². The van der Waals surface area contributed by atoms with E-state index < -0.39 is 0 Å². The van der Waals surface area contributed by atoms with Crippen LogP contribution in [0.5, 0.6) is 5.75 Å². The van der Waals surface area contributed by atoms with E-state index in [1.165, 1.54) is 0 Å². The number of benzene rings is 3. The lowest BCUT2D eigenvalue weighted by Crippen LogP contribution is -2.38. The van der Waals surface area contributed by atoms with Crippen LogP contribution in [0.3, 0.4) is 0 Å². The topological polar surface area (TPSA) is 64.8 Å². The van der Waals surface area contributed by atoms with Crippen LogP contribution in [-0.2, 0) is 11.2 Å². The molecule has 1 aliphatic carbocycles. The molecule has 3 aromatic carbocycles. The molecule has 0 bridgehead atoms. The molecule has 1 saturated heterocycles. The predicted molar refractivity (Wildman–Crippen MR) is 129 cm³/mol. The van der Waals surface area contributed by atoms with Gasteiger partial charge in [0.2, 0.25) is 0 Å². The van der Waals surface area contributed by atoms with Gasteiger partial charge in [-0.15, -0.1) is 0 Å². The number of non-ortho nitro benzene ring substituents is 1. The fraction of sp³-hybridized carbons (Fsp3) is 0.259. The van der Waals surface area contributed by atoms with Crippen LogP contribution in [0.2, 0.25) is 0 Å². The Morgan fingerprint density at radius 2 is 1.67 bits per heavy atom. The summed E-state index contributed by atoms with van der Waals surface area (Å²) in [6.07, 6.45) is 2.85. The number of ether oxygens (including phenoxy) is 2. The Labute approximate surface area is 193 Å². The molecule has 6 nitrogen and oxygen atoms in total. The van der Waals surface area contributed by atoms with Gasteiger partial charge in [-0.2, -0.15) is 0 Å². The average molecular weight is 443 g/mol. The summed E-state index contributed by atoms with van der Waals surface area (Å²) < 4.78 is 11.6. The maximum Gasteiger partial charge on any atom is 0.270 e. The lowest BCUT2D eigenvalue weighted by atomic mass is 10.0. The first kappa shape index (κ1) is 21.4. The predicted octanol–water partition coefficient (Wildman–Crippen LogP) is 4.96. The molecule has 3 aromatic rings. The molecule has 0 amide bonds. The van der Waals surface area contributed by atoms with E-state index in [9.17, 15) is 10.1 Å². The van der Waals surface area contributed by atoms with Crippen molar-refractivity contribution >= 4 is 11.3 Å². The highest BCUT2D eigenvalue weighted by molar-refractivity contribution is 6.01. The quantitative estimate of drug-likeness (QED) is 0.299. The standard InChI is InChI=1S/C27H26N2O4/c30-29(31)21-10-12-25-23-7-3-2-6-22(23)24(26(25)19-21)11-9-20-5-1-4-8-27(20)33-18-15-28-13-16-32-17-14-28/h1-8,10-12,19H,9,13-18H2/b24-11+. The fourth-order valence-electron chi connectivity index (χ4n) is 4.56. The number of nitro groups is 1. The van der Waals surface area contributed by atoms with Gasteiger partial charge in [0.15, 0.2) is 0 Å². The van der Waals surface area contributed by atoms with Crippen LogP contribution < -0.4 is 4.74 Å². The second-order valence-corrected chi connectivity index (χ2v) is 8.26. The monoisotopic (exact) mass is 442 g/mol. The van der Waals surface area contributed by atoms with Crippen molar-refractivity contribution < 1.29 is 14.4 Å². The molecule has 168 valence electrons. The second-order valence-electron chi connectivity index (χ2n) is 8.26. The van der Waals surface area contributed by atoms with Gasteiger partial charge in [-0.25, -0.2) is 0 Å². The van der Waals surface area contributed by atoms with E-state index in [1.54, 1.807) is 12.1 Å². The van der Waals surface area contributed by atoms with Gasteiger partial charge >= 0.3 is 0 Å². The molecule has 6 heteroatoms. The highest BCUT2D eigenvalue weighted by Crippen LogP contribution is 2.45. The van der Waals surface area contributed by atoms with Crippen LogP contribution in [-0.4, -0.2) is 49.3 Å². The van der Waals surface area contributed by atoms with Gasteiger partial charge in [0, 0.05) is 31.8 Å². The Morgan fingerprint density at radius 3 is 2.48 bits per heavy atom. The van der Waals surface area contributed by atoms with Crippen molar-refractivity contribution in [1.29, 1.82) is 0 Å². The Morgan fingerprint density at radius 1 is 0.939 bits per heavy atom. The number of nitrogens with zero attached hydrogens (tertiary/aromatic N) is 2. The number of fused-ring (bicyclic) bond motifs is 3. The molecule has 0 unspecified atom stereocenters. The minimum absolute atomic E-state index is 0.110. The third kappa shape index (κ3) is 4.53. The van der Waals surface area contributed by atoms with Gasteiger partial charge in [-0.3, -0.25) is 15.0 Å². The van der Waals surface area contributed by atoms with Gasteiger partial charge in [0.1, 0.15) is 12.4 Å². The summed E-state index contributed by atoms with van der Waals surface area (Å²) >= 11 is 0. The maximum absolute atomic E-state index is 11.4. The van der Waals surface area contributed by atoms with E-state index in [0.717, 1.165) is 72.0 Å². The van der Waals surface area contributed by atoms with Crippen LogP contribution in [0.15, 0.2) is 72.8 Å². The molecule has 1 fully saturated rings. The highest BCUT2D eigenvalue weighted by Gasteiger charge is 2.25. The molecule has 0 radical (unpaired) electrons. The van der Waals surface area contributed by atoms with Gasteiger partial charge in [0.25, 0.3) is 5.69 Å². The molecule has 1 aliphatic heterocycles. The lowest BCUT2D eigenvalue weighted by molar-refractivity contribution is -0.384. The molecular formula is C27H26N2O4. The molecule has 33 heavy (non-hydrogen) atoms. The Kier molecular flexibility index (Phi) is 6.19. The van der Waals surface area contributed by atoms with Crippen molar-refractivity contribution in [3.8, 4) is 16.9 Å². The summed E-state index contributed by atoms with van der Waals surface area (Å²) in [5.41, 5.74) is 6.42. The smallest absolute Gasteiger partial charge is 0.270 e. The molecule has 1 heterocycles. The Hall–Kier alpha value is -3.48. The molecular weight excluding hydrogens is 416 g/mol. The first-order valence-electron chi connectivity index (χ1n) is 11.3. The molecule has 2 aliphatic rings. The SMILES string of the molecule is O=[N+]([O-])c1ccc2c(c1)/C(=C/Cc1ccccc1OCCN1CCOCC1)c1ccccc1-2. The summed E-state index contributed by atoms with van der Waals surface area (Å²) in [6, 6.07) is 21.4. The number of para-hydroxylation sites is 1. The van der Waals surface area contributed by atoms with Crippen LogP contribution in [0.25, 0.3) is 16.7 Å². The number of morpholine rings is 1. The van der Waals surface area contributed by atoms with E-state index in [-0.39, 0.29) is 10.6 Å². The van der Waals surface area contributed by atoms with Gasteiger partial charge < -0.3 is 9.47 Å². The fourth-order valence-corrected chi connectivity index (χ4v) is 4.56. The average Bonchev–Trinajstić information content (AvgIpc) is 3.17. The number of hydrogen-bond acceptors (Lipinski definition) is 5. The van der Waals surface area contributed by atoms with Crippen molar-refractivity contribution in [1.82, 2.24) is 4.90 Å². The minimum atomic E-state index is -0.335. The maximum atomic E-state index is 11.4. The second kappa shape index (κ2) is 9.57. The van der Waals surface area contributed by atoms with Crippen molar-refractivity contribution in [2.45, 2.75) is 6.42 Å². The Bertz CT molecular complexity index is 1200. The molecule has 0 N–H and O–H groups in total. The van der Waals surface area contributed by atoms with E-state index in [2.05, 4.69) is 29.2 Å². The lowest BCUT2D eigenvalue weighted by Gasteiger charge is -2.26. The summed E-state index contributed by atoms with van der Waals surface area (Å²) in [4.78, 5) is 13.4. The summed E-state index contributed by atoms with van der Waals surface area (Å²) in [7, 11) is 0. The zero-order valence-corrected chi connectivity index (χ0v) is 18.4. The van der Waals surface area contributed by atoms with Crippen molar-refractivity contribution in [2.75, 3.05) is 39.5 Å². The number of allylic oxidation sites excluding steroid dienone is 1. The van der Waals surface area contributed by atoms with Crippen LogP contribution >= 0.6 is 0 Å². The highest BCUT2D eigenvalue weighted by atomic mass is 16.6. The molecule has 5 rings (SSSR count). The van der Waals surface area contributed by atoms with Crippen molar-refractivity contribution in [3.05, 3.63) is 99.6 Å². The zero-order valence-electron chi connectivity index (χ0n) is 18.4. The van der Waals surface area contributed by atoms with Crippen molar-refractivity contribution in [3.63, 3.8) is 0 Å². The molecule has 0 aromatic heterocycles. The third-order valence-electron chi connectivity index (χ3n) is 6.28. The summed E-state index contributed by atoms with van der Waals surface area (Å²) in [5.74, 6) is 0.883. The normalized spacial score (nSPS) is 16.4. The Balaban J connectivity index is 1.38. The number of rotatable bonds is 7. The zero-order chi connectivity index (χ0) is 22.6. The molecule has 0 atom stereocenters. The van der Waals surface area contributed by atoms with Crippen LogP contribution in [0, 0.1) is 10.1 Å². The van der Waals surface area contributed by atoms with Gasteiger partial charge in [-0.05, 0) is 51.9 Å². The van der Waals surface area contributed by atoms with E-state index in [1.807, 2.05) is 36.4 Å². The first-order valence-corrected chi connectivity index (χ1v) is 11.3. The third-order valence-corrected chi connectivity index (χ3v) is 6.28. The number of hydrogen-bond donors (Lipinski definition) is 0. The van der Waals surface area contributed by atoms with E-state index in [0.29, 0.717) is 13.0 Å². The summed E-state index contributed by atoms with van der Waals surface area (Å²) in [6.45, 7) is 4.97. The largest absolute Gasteiger partial charge is 0.492 e. The molecule has 0 spiro atoms. The minimum Gasteiger partial charge on any atom is -0.492 e.